The smallest absolute Gasteiger partial charge is 0.233 e. The first-order chi connectivity index (χ1) is 23.4. The molecule has 7 heteroatoms. The van der Waals surface area contributed by atoms with Gasteiger partial charge in [0.1, 0.15) is 0 Å². The number of fused-ring (bicyclic) bond motifs is 4. The lowest BCUT2D eigenvalue weighted by atomic mass is 9.44. The molecule has 3 fully saturated rings. The molecular formula is C41H39NO6. The van der Waals surface area contributed by atoms with Crippen LogP contribution in [-0.2, 0) is 24.6 Å². The molecule has 1 N–H and O–H groups in total. The molecule has 0 aromatic heterocycles. The Bertz CT molecular complexity index is 1870. The number of likely N-dealkylation sites (tertiary alicyclic amines) is 1. The number of carbonyl (C=O) groups excluding carboxylic acids is 4. The number of aromatic hydroxyl groups is 1. The summed E-state index contributed by atoms with van der Waals surface area (Å²) in [6.07, 6.45) is 9.02. The Hall–Kier alpha value is -4.78. The molecule has 6 unspecified atom stereocenters. The number of Topliss-reactive ketones (excluding diaryl/α,β-unsaturated/α-hetero) is 1. The molecule has 2 saturated carbocycles. The van der Waals surface area contributed by atoms with Gasteiger partial charge in [-0.2, -0.15) is 0 Å². The predicted octanol–water partition coefficient (Wildman–Crippen LogP) is 6.56. The monoisotopic (exact) mass is 641 g/mol. The van der Waals surface area contributed by atoms with Crippen LogP contribution in [0.25, 0.3) is 5.57 Å². The van der Waals surface area contributed by atoms with Gasteiger partial charge in [-0.25, -0.2) is 0 Å². The molecule has 3 aromatic carbocycles. The summed E-state index contributed by atoms with van der Waals surface area (Å²) in [7, 11) is 1.48. The number of ketones is 2. The molecule has 1 aliphatic heterocycles. The summed E-state index contributed by atoms with van der Waals surface area (Å²) in [6, 6.07) is 23.8. The first-order valence-electron chi connectivity index (χ1n) is 17.2. The number of imide groups is 1. The topological polar surface area (TPSA) is 101 Å². The van der Waals surface area contributed by atoms with Gasteiger partial charge in [-0.3, -0.25) is 24.1 Å². The Labute approximate surface area is 280 Å². The molecule has 48 heavy (non-hydrogen) atoms. The number of nitrogens with zero attached hydrogens (tertiary/aromatic N) is 1. The molecule has 0 bridgehead atoms. The number of phenols is 1. The van der Waals surface area contributed by atoms with Crippen molar-refractivity contribution in [3.63, 3.8) is 0 Å². The summed E-state index contributed by atoms with van der Waals surface area (Å²) in [6.45, 7) is 0. The fraction of sp³-hybridized carbons (Fsp3) is 0.366. The lowest BCUT2D eigenvalue weighted by molar-refractivity contribution is -0.144. The zero-order valence-corrected chi connectivity index (χ0v) is 27.0. The number of hydrogen-bond donors (Lipinski definition) is 1. The van der Waals surface area contributed by atoms with Gasteiger partial charge < -0.3 is 9.84 Å². The van der Waals surface area contributed by atoms with E-state index in [9.17, 15) is 19.5 Å². The number of ether oxygens (including phenoxy) is 1. The number of hydrogen-bond acceptors (Lipinski definition) is 6. The first-order valence-corrected chi connectivity index (χ1v) is 17.2. The van der Waals surface area contributed by atoms with Crippen LogP contribution in [0.4, 0.5) is 0 Å². The SMILES string of the molecule is COc1ccc(C2C3=CCC4C(=O)N(C5CCCCC5)C(=O)C4C3CC3C(=O)C(c4ccccc4)=CC(=O)C32c2ccccc2)cc1O. The average Bonchev–Trinajstić information content (AvgIpc) is 3.38. The maximum absolute atomic E-state index is 15.1. The summed E-state index contributed by atoms with van der Waals surface area (Å²) in [5, 5.41) is 11.1. The number of rotatable bonds is 5. The second-order valence-corrected chi connectivity index (χ2v) is 14.1. The van der Waals surface area contributed by atoms with Crippen LogP contribution in [0.2, 0.25) is 0 Å². The summed E-state index contributed by atoms with van der Waals surface area (Å²) in [4.78, 5) is 60.1. The van der Waals surface area contributed by atoms with Gasteiger partial charge in [-0.15, -0.1) is 0 Å². The van der Waals surface area contributed by atoms with E-state index in [1.54, 1.807) is 17.0 Å². The fourth-order valence-electron chi connectivity index (χ4n) is 9.86. The molecule has 7 nitrogen and oxygen atoms in total. The predicted molar refractivity (Wildman–Crippen MR) is 180 cm³/mol. The molecule has 1 saturated heterocycles. The molecular weight excluding hydrogens is 602 g/mol. The molecule has 6 atom stereocenters. The summed E-state index contributed by atoms with van der Waals surface area (Å²) < 4.78 is 5.38. The van der Waals surface area contributed by atoms with E-state index in [2.05, 4.69) is 6.08 Å². The van der Waals surface area contributed by atoms with E-state index in [1.807, 2.05) is 66.7 Å². The van der Waals surface area contributed by atoms with E-state index in [-0.39, 0.29) is 41.6 Å². The van der Waals surface area contributed by atoms with Crippen molar-refractivity contribution in [1.82, 2.24) is 4.90 Å². The molecule has 4 aliphatic carbocycles. The van der Waals surface area contributed by atoms with E-state index < -0.39 is 35.0 Å². The van der Waals surface area contributed by atoms with Crippen LogP contribution >= 0.6 is 0 Å². The third kappa shape index (κ3) is 4.39. The van der Waals surface area contributed by atoms with Crippen molar-refractivity contribution >= 4 is 29.0 Å². The highest BCUT2D eigenvalue weighted by Gasteiger charge is 2.66. The number of phenolic OH excluding ortho intramolecular Hbond substituents is 1. The van der Waals surface area contributed by atoms with Crippen LogP contribution in [0.15, 0.2) is 96.6 Å². The maximum Gasteiger partial charge on any atom is 0.233 e. The molecule has 8 rings (SSSR count). The largest absolute Gasteiger partial charge is 0.504 e. The van der Waals surface area contributed by atoms with E-state index in [1.165, 1.54) is 13.2 Å². The highest BCUT2D eigenvalue weighted by molar-refractivity contribution is 6.31. The highest BCUT2D eigenvalue weighted by atomic mass is 16.5. The minimum atomic E-state index is -1.33. The van der Waals surface area contributed by atoms with Crippen LogP contribution in [0.3, 0.4) is 0 Å². The average molecular weight is 642 g/mol. The van der Waals surface area contributed by atoms with Crippen molar-refractivity contribution in [3.8, 4) is 11.5 Å². The van der Waals surface area contributed by atoms with Gasteiger partial charge in [0, 0.05) is 23.5 Å². The Balaban J connectivity index is 1.35. The number of benzene rings is 3. The van der Waals surface area contributed by atoms with E-state index >= 15 is 4.79 Å². The number of methoxy groups -OCH3 is 1. The molecule has 5 aliphatic rings. The summed E-state index contributed by atoms with van der Waals surface area (Å²) >= 11 is 0. The quantitative estimate of drug-likeness (QED) is 0.250. The Morgan fingerprint density at radius 2 is 1.54 bits per heavy atom. The van der Waals surface area contributed by atoms with E-state index in [0.29, 0.717) is 28.9 Å². The van der Waals surface area contributed by atoms with Crippen LogP contribution in [0.1, 0.15) is 67.6 Å². The third-order valence-corrected chi connectivity index (χ3v) is 11.9. The molecule has 1 heterocycles. The maximum atomic E-state index is 15.1. The minimum Gasteiger partial charge on any atom is -0.504 e. The van der Waals surface area contributed by atoms with Gasteiger partial charge in [0.15, 0.2) is 23.1 Å². The highest BCUT2D eigenvalue weighted by Crippen LogP contribution is 2.64. The molecule has 0 radical (unpaired) electrons. The molecule has 0 spiro atoms. The van der Waals surface area contributed by atoms with Crippen LogP contribution in [-0.4, -0.2) is 46.5 Å². The Kier molecular flexibility index (Phi) is 7.46. The molecule has 244 valence electrons. The fourth-order valence-corrected chi connectivity index (χ4v) is 9.86. The van der Waals surface area contributed by atoms with Gasteiger partial charge in [0.2, 0.25) is 11.8 Å². The van der Waals surface area contributed by atoms with Crippen LogP contribution in [0.5, 0.6) is 11.5 Å². The zero-order valence-electron chi connectivity index (χ0n) is 27.0. The first kappa shape index (κ1) is 30.5. The number of amides is 2. The van der Waals surface area contributed by atoms with Crippen molar-refractivity contribution in [3.05, 3.63) is 113 Å². The van der Waals surface area contributed by atoms with Gasteiger partial charge in [0.05, 0.1) is 24.4 Å². The number of allylic oxidation sites excluding steroid dienone is 4. The minimum absolute atomic E-state index is 0.0723. The number of carbonyl (C=O) groups is 4. The van der Waals surface area contributed by atoms with E-state index in [4.69, 9.17) is 4.74 Å². The third-order valence-electron chi connectivity index (χ3n) is 11.9. The van der Waals surface area contributed by atoms with Crippen molar-refractivity contribution in [2.75, 3.05) is 7.11 Å². The lowest BCUT2D eigenvalue weighted by Crippen LogP contribution is -2.58. The molecule has 2 amide bonds. The van der Waals surface area contributed by atoms with Crippen molar-refractivity contribution in [1.29, 1.82) is 0 Å². The summed E-state index contributed by atoms with van der Waals surface area (Å²) in [5.41, 5.74) is 1.98. The van der Waals surface area contributed by atoms with Gasteiger partial charge in [-0.05, 0) is 66.5 Å². The molecule has 3 aromatic rings. The van der Waals surface area contributed by atoms with Crippen LogP contribution in [0, 0.1) is 23.7 Å². The van der Waals surface area contributed by atoms with Crippen molar-refractivity contribution in [2.24, 2.45) is 23.7 Å². The Morgan fingerprint density at radius 3 is 2.23 bits per heavy atom. The standard InChI is InChI=1S/C41H39NO6/c1-48-34-20-17-25(21-33(34)43)37-28-18-19-29-36(40(47)42(39(29)46)27-15-9-4-10-16-27)31(28)22-32-38(45)30(24-11-5-2-6-12-24)23-35(44)41(32,37)26-13-7-3-8-14-26/h2-3,5-8,11-14,17-18,20-21,23,27,29,31-32,36-37,43H,4,9-10,15-16,19,22H2,1H3. The van der Waals surface area contributed by atoms with Crippen molar-refractivity contribution in [2.45, 2.75) is 62.3 Å². The normalized spacial score (nSPS) is 30.3. The van der Waals surface area contributed by atoms with Gasteiger partial charge >= 0.3 is 0 Å². The van der Waals surface area contributed by atoms with Crippen LogP contribution < -0.4 is 4.74 Å². The second kappa shape index (κ2) is 11.7. The van der Waals surface area contributed by atoms with Gasteiger partial charge in [-0.1, -0.05) is 97.6 Å². The summed E-state index contributed by atoms with van der Waals surface area (Å²) in [5.74, 6) is -3.32. The second-order valence-electron chi connectivity index (χ2n) is 14.1. The van der Waals surface area contributed by atoms with Gasteiger partial charge in [0.25, 0.3) is 0 Å². The van der Waals surface area contributed by atoms with Crippen molar-refractivity contribution < 1.29 is 29.0 Å². The zero-order chi connectivity index (χ0) is 33.2. The van der Waals surface area contributed by atoms with E-state index in [0.717, 1.165) is 43.2 Å². The Morgan fingerprint density at radius 1 is 0.833 bits per heavy atom. The lowest BCUT2D eigenvalue weighted by Gasteiger charge is -2.55.